The van der Waals surface area contributed by atoms with E-state index in [0.717, 1.165) is 17.8 Å². The lowest BCUT2D eigenvalue weighted by Crippen LogP contribution is -2.21. The summed E-state index contributed by atoms with van der Waals surface area (Å²) in [6, 6.07) is 0. The van der Waals surface area contributed by atoms with Crippen LogP contribution in [0.1, 0.15) is 112 Å². The summed E-state index contributed by atoms with van der Waals surface area (Å²) in [5.41, 5.74) is 0. The van der Waals surface area contributed by atoms with Gasteiger partial charge in [0.25, 0.3) is 0 Å². The molecule has 0 bridgehead atoms. The highest BCUT2D eigenvalue weighted by atomic mass is 14.3. The van der Waals surface area contributed by atoms with E-state index in [1.54, 1.807) is 0 Å². The van der Waals surface area contributed by atoms with Crippen molar-refractivity contribution in [2.75, 3.05) is 0 Å². The predicted molar refractivity (Wildman–Crippen MR) is 94.2 cm³/mol. The lowest BCUT2D eigenvalue weighted by atomic mass is 9.75. The lowest BCUT2D eigenvalue weighted by molar-refractivity contribution is 0.194. The van der Waals surface area contributed by atoms with E-state index >= 15 is 0 Å². The largest absolute Gasteiger partial charge is 0.0654 e. The van der Waals surface area contributed by atoms with Crippen LogP contribution < -0.4 is 0 Å². The first-order valence-electron chi connectivity index (χ1n) is 9.71. The highest BCUT2D eigenvalue weighted by molar-refractivity contribution is 4.74. The van der Waals surface area contributed by atoms with Crippen molar-refractivity contribution >= 4 is 0 Å². The monoisotopic (exact) mass is 282 g/mol. The SMILES string of the molecule is CCCCCCC(C)C(CCCCCC)C(CC)CC. The zero-order valence-electron chi connectivity index (χ0n) is 15.2. The lowest BCUT2D eigenvalue weighted by Gasteiger charge is -2.31. The Labute approximate surface area is 130 Å². The van der Waals surface area contributed by atoms with Gasteiger partial charge >= 0.3 is 0 Å². The van der Waals surface area contributed by atoms with E-state index < -0.39 is 0 Å². The number of unbranched alkanes of at least 4 members (excludes halogenated alkanes) is 6. The van der Waals surface area contributed by atoms with Gasteiger partial charge in [-0.05, 0) is 24.2 Å². The fourth-order valence-electron chi connectivity index (χ4n) is 3.79. The number of rotatable bonds is 14. The van der Waals surface area contributed by atoms with Gasteiger partial charge in [-0.25, -0.2) is 0 Å². The van der Waals surface area contributed by atoms with Gasteiger partial charge in [0.05, 0.1) is 0 Å². The molecule has 0 heteroatoms. The van der Waals surface area contributed by atoms with Crippen molar-refractivity contribution in [3.63, 3.8) is 0 Å². The van der Waals surface area contributed by atoms with Crippen molar-refractivity contribution in [1.82, 2.24) is 0 Å². The van der Waals surface area contributed by atoms with E-state index in [2.05, 4.69) is 34.6 Å². The highest BCUT2D eigenvalue weighted by Gasteiger charge is 2.23. The summed E-state index contributed by atoms with van der Waals surface area (Å²) in [6.45, 7) is 12.0. The molecule has 0 aliphatic carbocycles. The van der Waals surface area contributed by atoms with Gasteiger partial charge in [-0.2, -0.15) is 0 Å². The molecule has 122 valence electrons. The van der Waals surface area contributed by atoms with Crippen molar-refractivity contribution in [3.8, 4) is 0 Å². The summed E-state index contributed by atoms with van der Waals surface area (Å²) in [7, 11) is 0. The van der Waals surface area contributed by atoms with Crippen LogP contribution in [0, 0.1) is 17.8 Å². The molecule has 2 unspecified atom stereocenters. The average molecular weight is 283 g/mol. The summed E-state index contributed by atoms with van der Waals surface area (Å²) in [5.74, 6) is 2.90. The standard InChI is InChI=1S/C20H42/c1-6-10-12-14-16-18(5)20(19(8-3)9-4)17-15-13-11-7-2/h18-20H,6-17H2,1-5H3. The van der Waals surface area contributed by atoms with Crippen LogP contribution in [-0.2, 0) is 0 Å². The first-order chi connectivity index (χ1) is 9.71. The molecule has 0 saturated carbocycles. The number of hydrogen-bond donors (Lipinski definition) is 0. The molecule has 0 aromatic heterocycles. The maximum absolute atomic E-state index is 2.54. The Bertz CT molecular complexity index is 180. The van der Waals surface area contributed by atoms with Gasteiger partial charge in [-0.3, -0.25) is 0 Å². The Morgan fingerprint density at radius 3 is 1.55 bits per heavy atom. The van der Waals surface area contributed by atoms with Crippen LogP contribution in [-0.4, -0.2) is 0 Å². The van der Waals surface area contributed by atoms with Crippen molar-refractivity contribution in [2.24, 2.45) is 17.8 Å². The van der Waals surface area contributed by atoms with Gasteiger partial charge in [0.15, 0.2) is 0 Å². The normalized spacial score (nSPS) is 14.7. The summed E-state index contributed by atoms with van der Waals surface area (Å²) in [6.07, 6.45) is 17.1. The third-order valence-electron chi connectivity index (χ3n) is 5.29. The Hall–Kier alpha value is 0. The molecule has 0 nitrogen and oxygen atoms in total. The molecule has 0 rings (SSSR count). The fraction of sp³-hybridized carbons (Fsp3) is 1.00. The highest BCUT2D eigenvalue weighted by Crippen LogP contribution is 2.34. The fourth-order valence-corrected chi connectivity index (χ4v) is 3.79. The van der Waals surface area contributed by atoms with E-state index in [4.69, 9.17) is 0 Å². The second-order valence-corrected chi connectivity index (χ2v) is 6.92. The van der Waals surface area contributed by atoms with Crippen LogP contribution in [0.5, 0.6) is 0 Å². The molecule has 0 fully saturated rings. The number of hydrogen-bond acceptors (Lipinski definition) is 0. The quantitative estimate of drug-likeness (QED) is 0.287. The van der Waals surface area contributed by atoms with Crippen molar-refractivity contribution < 1.29 is 0 Å². The molecule has 0 aromatic carbocycles. The molecular formula is C20H42. The maximum atomic E-state index is 2.54. The third kappa shape index (κ3) is 9.03. The minimum Gasteiger partial charge on any atom is -0.0654 e. The van der Waals surface area contributed by atoms with Gasteiger partial charge in [-0.1, -0.05) is 105 Å². The minimum absolute atomic E-state index is 0.943. The van der Waals surface area contributed by atoms with Crippen LogP contribution in [0.2, 0.25) is 0 Å². The molecule has 0 amide bonds. The van der Waals surface area contributed by atoms with E-state index in [1.807, 2.05) is 0 Å². The van der Waals surface area contributed by atoms with Crippen LogP contribution >= 0.6 is 0 Å². The molecule has 20 heavy (non-hydrogen) atoms. The zero-order valence-corrected chi connectivity index (χ0v) is 15.2. The molecule has 0 spiro atoms. The average Bonchev–Trinajstić information content (AvgIpc) is 2.47. The Morgan fingerprint density at radius 1 is 0.600 bits per heavy atom. The molecule has 0 radical (unpaired) electrons. The van der Waals surface area contributed by atoms with Gasteiger partial charge in [0.1, 0.15) is 0 Å². The van der Waals surface area contributed by atoms with E-state index in [9.17, 15) is 0 Å². The van der Waals surface area contributed by atoms with Gasteiger partial charge in [-0.15, -0.1) is 0 Å². The van der Waals surface area contributed by atoms with Crippen LogP contribution in [0.15, 0.2) is 0 Å². The summed E-state index contributed by atoms with van der Waals surface area (Å²) >= 11 is 0. The van der Waals surface area contributed by atoms with Crippen LogP contribution in [0.4, 0.5) is 0 Å². The smallest absolute Gasteiger partial charge is 0.0360 e. The van der Waals surface area contributed by atoms with Gasteiger partial charge < -0.3 is 0 Å². The molecule has 0 aliphatic rings. The van der Waals surface area contributed by atoms with Gasteiger partial charge in [0.2, 0.25) is 0 Å². The topological polar surface area (TPSA) is 0 Å². The molecule has 0 aromatic rings. The molecule has 0 saturated heterocycles. The molecule has 2 atom stereocenters. The van der Waals surface area contributed by atoms with Crippen molar-refractivity contribution in [3.05, 3.63) is 0 Å². The first kappa shape index (κ1) is 20.0. The second-order valence-electron chi connectivity index (χ2n) is 6.92. The molecular weight excluding hydrogens is 240 g/mol. The first-order valence-corrected chi connectivity index (χ1v) is 9.71. The van der Waals surface area contributed by atoms with Crippen molar-refractivity contribution in [1.29, 1.82) is 0 Å². The maximum Gasteiger partial charge on any atom is -0.0360 e. The summed E-state index contributed by atoms with van der Waals surface area (Å²) in [4.78, 5) is 0. The van der Waals surface area contributed by atoms with Crippen molar-refractivity contribution in [2.45, 2.75) is 112 Å². The van der Waals surface area contributed by atoms with E-state index in [-0.39, 0.29) is 0 Å². The Morgan fingerprint density at radius 2 is 1.10 bits per heavy atom. The zero-order chi connectivity index (χ0) is 15.2. The Balaban J connectivity index is 4.19. The minimum atomic E-state index is 0.943. The summed E-state index contributed by atoms with van der Waals surface area (Å²) in [5, 5.41) is 0. The van der Waals surface area contributed by atoms with Gasteiger partial charge in [0, 0.05) is 0 Å². The summed E-state index contributed by atoms with van der Waals surface area (Å²) < 4.78 is 0. The molecule has 0 heterocycles. The van der Waals surface area contributed by atoms with E-state index in [1.165, 1.54) is 77.0 Å². The van der Waals surface area contributed by atoms with Crippen LogP contribution in [0.3, 0.4) is 0 Å². The predicted octanol–water partition coefficient (Wildman–Crippen LogP) is 7.62. The Kier molecular flexibility index (Phi) is 14.0. The van der Waals surface area contributed by atoms with E-state index in [0.29, 0.717) is 0 Å². The molecule has 0 N–H and O–H groups in total. The van der Waals surface area contributed by atoms with Crippen LogP contribution in [0.25, 0.3) is 0 Å². The third-order valence-corrected chi connectivity index (χ3v) is 5.29. The molecule has 0 aliphatic heterocycles. The second kappa shape index (κ2) is 14.0.